The van der Waals surface area contributed by atoms with Gasteiger partial charge in [-0.15, -0.1) is 0 Å². The Morgan fingerprint density at radius 3 is 1.70 bits per heavy atom. The van der Waals surface area contributed by atoms with Crippen LogP contribution in [0.25, 0.3) is 10.8 Å². The number of Topliss-reactive ketones (excluding diaryl/α,β-unsaturated/α-hetero) is 2. The zero-order valence-corrected chi connectivity index (χ0v) is 47.3. The minimum atomic E-state index is -1.96. The number of phenols is 2. The second-order valence-corrected chi connectivity index (χ2v) is 22.9. The maximum atomic E-state index is 15.1. The van der Waals surface area contributed by atoms with Gasteiger partial charge in [-0.25, -0.2) is 0 Å². The number of esters is 1. The number of aromatic hydroxyl groups is 2. The first kappa shape index (κ1) is 63.2. The van der Waals surface area contributed by atoms with Gasteiger partial charge >= 0.3 is 5.97 Å². The molecule has 0 radical (unpaired) electrons. The van der Waals surface area contributed by atoms with Gasteiger partial charge in [-0.2, -0.15) is 0 Å². The Morgan fingerprint density at radius 1 is 0.704 bits per heavy atom. The molecule has 6 aliphatic rings. The molecule has 0 unspecified atom stereocenters. The largest absolute Gasteiger partial charge is 0.507 e. The first-order valence-electron chi connectivity index (χ1n) is 28.0. The van der Waals surface area contributed by atoms with Crippen LogP contribution in [-0.2, 0) is 68.1 Å². The highest BCUT2D eigenvalue weighted by Gasteiger charge is 2.52. The Kier molecular flexibility index (Phi) is 20.1. The highest BCUT2D eigenvalue weighted by atomic mass is 16.7. The van der Waals surface area contributed by atoms with Crippen molar-refractivity contribution in [3.8, 4) is 17.2 Å². The highest BCUT2D eigenvalue weighted by Crippen LogP contribution is 2.48. The van der Waals surface area contributed by atoms with Crippen LogP contribution >= 0.6 is 0 Å². The van der Waals surface area contributed by atoms with Crippen LogP contribution in [0, 0.1) is 12.8 Å². The lowest BCUT2D eigenvalue weighted by Gasteiger charge is -2.46. The van der Waals surface area contributed by atoms with Crippen LogP contribution in [0.4, 0.5) is 0 Å². The van der Waals surface area contributed by atoms with E-state index in [0.717, 1.165) is 0 Å². The summed E-state index contributed by atoms with van der Waals surface area (Å²) in [6.45, 7) is 13.9. The third-order valence-electron chi connectivity index (χ3n) is 16.6. The van der Waals surface area contributed by atoms with Gasteiger partial charge in [0.05, 0.1) is 71.5 Å². The molecule has 2 aromatic rings. The van der Waals surface area contributed by atoms with Crippen molar-refractivity contribution in [3.63, 3.8) is 0 Å². The average Bonchev–Trinajstić information content (AvgIpc) is 2.79. The number of aliphatic hydroxyl groups excluding tert-OH is 7. The number of rotatable bonds is 18. The van der Waals surface area contributed by atoms with Crippen molar-refractivity contribution in [2.75, 3.05) is 7.11 Å². The van der Waals surface area contributed by atoms with Gasteiger partial charge in [-0.05, 0) is 91.3 Å². The van der Waals surface area contributed by atoms with Crippen molar-refractivity contribution >= 4 is 28.3 Å². The Morgan fingerprint density at radius 2 is 1.19 bits per heavy atom. The molecule has 81 heavy (non-hydrogen) atoms. The van der Waals surface area contributed by atoms with Crippen molar-refractivity contribution in [2.24, 2.45) is 5.92 Å². The molecule has 5 saturated heterocycles. The van der Waals surface area contributed by atoms with E-state index in [1.807, 2.05) is 6.92 Å². The molecule has 1 aliphatic carbocycles. The van der Waals surface area contributed by atoms with Crippen LogP contribution in [0.3, 0.4) is 0 Å². The molecule has 0 saturated carbocycles. The Labute approximate surface area is 469 Å². The monoisotopic (exact) mass is 1150 g/mol. The quantitative estimate of drug-likeness (QED) is 0.0934. The molecule has 0 bridgehead atoms. The number of hydrogen-bond acceptors (Lipinski definition) is 25. The standard InChI is InChI=1S/C56H82O25/c1-11-12-36(58)76-32-16-38(72-23(4)46(32)61)78-33-17-37(71-24(5)47(33)62)77-31-15-29-13-28-14-30(53(70-10)52(67)45(60)22(3)57)54(51(66)43(28)50(65)42(29)44(59)21(31)2)81-40-19-34(48(63)26(7)74-40)79-39-18-35(49(64)25(6)73-39)80-41-20-56(9,69)55(68)27(8)75-41/h13,15,22-27,30,32-35,37-41,45-49,53-55,57,59-65,68-69H,11-12,14,16-20H2,1-10H3/t22-,23-,24-,25-,26-,27-,30+,32-,33-,34-,35-,37+,38+,39+,40+,41+,45+,46-,47-,48-,49+,53+,54+,55-,56+/m1/s1. The molecule has 5 heterocycles. The van der Waals surface area contributed by atoms with Gasteiger partial charge in [0.2, 0.25) is 6.29 Å². The Bertz CT molecular complexity index is 2530. The van der Waals surface area contributed by atoms with E-state index >= 15 is 4.79 Å². The normalized spacial score (nSPS) is 40.5. The number of fused-ring (bicyclic) bond motifs is 2. The molecule has 0 aromatic heterocycles. The molecule has 0 amide bonds. The molecule has 25 atom stereocenters. The van der Waals surface area contributed by atoms with E-state index in [0.29, 0.717) is 6.42 Å². The summed E-state index contributed by atoms with van der Waals surface area (Å²) in [6, 6.07) is 3.03. The molecule has 10 N–H and O–H groups in total. The second kappa shape index (κ2) is 25.8. The fourth-order valence-corrected chi connectivity index (χ4v) is 11.9. The first-order valence-corrected chi connectivity index (χ1v) is 28.0. The average molecular weight is 1160 g/mol. The van der Waals surface area contributed by atoms with E-state index in [-0.39, 0.29) is 78.2 Å². The molecule has 456 valence electrons. The number of methoxy groups -OCH3 is 1. The molecule has 8 rings (SSSR count). The molecule has 25 heteroatoms. The topological polar surface area (TPSA) is 364 Å². The van der Waals surface area contributed by atoms with Crippen LogP contribution in [0.1, 0.15) is 122 Å². The van der Waals surface area contributed by atoms with Crippen molar-refractivity contribution in [3.05, 3.63) is 28.8 Å². The van der Waals surface area contributed by atoms with Gasteiger partial charge < -0.3 is 108 Å². The van der Waals surface area contributed by atoms with E-state index in [1.54, 1.807) is 27.7 Å². The third kappa shape index (κ3) is 13.5. The van der Waals surface area contributed by atoms with Crippen LogP contribution in [0.5, 0.6) is 17.2 Å². The molecular weight excluding hydrogens is 1070 g/mol. The number of aliphatic hydroxyl groups is 8. The lowest BCUT2D eigenvalue weighted by molar-refractivity contribution is -0.334. The molecule has 25 nitrogen and oxygen atoms in total. The van der Waals surface area contributed by atoms with Crippen LogP contribution < -0.4 is 4.74 Å². The lowest BCUT2D eigenvalue weighted by Crippen LogP contribution is -2.58. The summed E-state index contributed by atoms with van der Waals surface area (Å²) in [5, 5.41) is 111. The smallest absolute Gasteiger partial charge is 0.306 e. The summed E-state index contributed by atoms with van der Waals surface area (Å²) in [4.78, 5) is 41.4. The third-order valence-corrected chi connectivity index (χ3v) is 16.6. The van der Waals surface area contributed by atoms with Crippen molar-refractivity contribution < 1.29 is 122 Å². The number of ketones is 2. The van der Waals surface area contributed by atoms with Crippen molar-refractivity contribution in [1.29, 1.82) is 0 Å². The first-order chi connectivity index (χ1) is 38.1. The maximum absolute atomic E-state index is 15.1. The molecule has 2 aromatic carbocycles. The summed E-state index contributed by atoms with van der Waals surface area (Å²) >= 11 is 0. The number of carbonyl (C=O) groups excluding carboxylic acids is 3. The Hall–Kier alpha value is -3.81. The van der Waals surface area contributed by atoms with E-state index in [4.69, 9.17) is 56.8 Å². The predicted molar refractivity (Wildman–Crippen MR) is 277 cm³/mol. The molecule has 5 fully saturated rings. The zero-order valence-electron chi connectivity index (χ0n) is 47.3. The lowest BCUT2D eigenvalue weighted by atomic mass is 9.75. The highest BCUT2D eigenvalue weighted by molar-refractivity contribution is 6.11. The fraction of sp³-hybridized carbons (Fsp3) is 0.768. The van der Waals surface area contributed by atoms with Crippen molar-refractivity contribution in [1.82, 2.24) is 0 Å². The fourth-order valence-electron chi connectivity index (χ4n) is 11.9. The van der Waals surface area contributed by atoms with Crippen molar-refractivity contribution in [2.45, 2.75) is 261 Å². The SMILES string of the molecule is CCCC(=O)O[C@@H]1C[C@H](O[C@@H]2C[C@H](Oc3cc4cc5c(c(O)c4c(O)c3C)C(=O)[C@@H](O[C@H]3C[C@@H](O[C@H]4C[C@@H](O[C@H]6C[C@](C)(O)[C@H](O)[C@@H](C)O6)[C@@H](O)[C@@H](C)O4)[C@H](O)[C@@H](C)O3)[C@H]([C@H](OC)C(=O)[C@@H](O)[C@@H](C)O)C5)O[C@H](C)[C@H]2O)O[C@H](C)[C@H]1O. The van der Waals surface area contributed by atoms with Gasteiger partial charge in [0.1, 0.15) is 72.2 Å². The summed E-state index contributed by atoms with van der Waals surface area (Å²) in [5.41, 5.74) is -1.50. The summed E-state index contributed by atoms with van der Waals surface area (Å²) in [5.74, 6) is -4.60. The van der Waals surface area contributed by atoms with Gasteiger partial charge in [0.25, 0.3) is 0 Å². The summed E-state index contributed by atoms with van der Waals surface area (Å²) in [7, 11) is 1.18. The summed E-state index contributed by atoms with van der Waals surface area (Å²) in [6.07, 6.45) is -26.4. The van der Waals surface area contributed by atoms with Gasteiger partial charge in [-0.3, -0.25) is 14.4 Å². The zero-order chi connectivity index (χ0) is 59.3. The number of carbonyl (C=O) groups is 3. The van der Waals surface area contributed by atoms with Crippen LogP contribution in [0.15, 0.2) is 12.1 Å². The number of ether oxygens (including phenoxy) is 12. The van der Waals surface area contributed by atoms with Gasteiger partial charge in [-0.1, -0.05) is 6.92 Å². The molecule has 5 aliphatic heterocycles. The van der Waals surface area contributed by atoms with Crippen LogP contribution in [0.2, 0.25) is 0 Å². The number of benzene rings is 2. The van der Waals surface area contributed by atoms with E-state index < -0.39 is 182 Å². The Balaban J connectivity index is 1.03. The number of hydrogen-bond donors (Lipinski definition) is 10. The van der Waals surface area contributed by atoms with E-state index in [9.17, 15) is 60.7 Å². The second-order valence-electron chi connectivity index (χ2n) is 22.9. The van der Waals surface area contributed by atoms with Gasteiger partial charge in [0.15, 0.2) is 36.7 Å². The molecule has 0 spiro atoms. The minimum absolute atomic E-state index is 0.0146. The van der Waals surface area contributed by atoms with E-state index in [2.05, 4.69) is 0 Å². The molecular formula is C56H82O25. The van der Waals surface area contributed by atoms with E-state index in [1.165, 1.54) is 46.9 Å². The van der Waals surface area contributed by atoms with Gasteiger partial charge in [0, 0.05) is 57.1 Å². The predicted octanol–water partition coefficient (Wildman–Crippen LogP) is 1.10. The van der Waals surface area contributed by atoms with Crippen LogP contribution in [-0.4, -0.2) is 223 Å². The minimum Gasteiger partial charge on any atom is -0.507 e. The maximum Gasteiger partial charge on any atom is 0.306 e. The summed E-state index contributed by atoms with van der Waals surface area (Å²) < 4.78 is 72.6. The number of phenolic OH excluding ortho intramolecular Hbond substituents is 2.